The Hall–Kier alpha value is -2.24. The first-order chi connectivity index (χ1) is 8.45. The van der Waals surface area contributed by atoms with E-state index >= 15 is 0 Å². The number of alkyl halides is 3. The Morgan fingerprint density at radius 2 is 1.72 bits per heavy atom. The van der Waals surface area contributed by atoms with Gasteiger partial charge in [0.2, 0.25) is 5.88 Å². The zero-order valence-corrected chi connectivity index (χ0v) is 9.11. The van der Waals surface area contributed by atoms with Crippen LogP contribution in [0.15, 0.2) is 42.5 Å². The maximum absolute atomic E-state index is 12.5. The second-order valence-corrected chi connectivity index (χ2v) is 3.53. The van der Waals surface area contributed by atoms with Gasteiger partial charge in [0.15, 0.2) is 0 Å². The largest absolute Gasteiger partial charge is 0.439 e. The highest BCUT2D eigenvalue weighted by Gasteiger charge is 2.31. The number of benzene rings is 1. The highest BCUT2D eigenvalue weighted by Crippen LogP contribution is 2.33. The first-order valence-corrected chi connectivity index (χ1v) is 5.03. The number of halogens is 3. The van der Waals surface area contributed by atoms with Gasteiger partial charge in [-0.15, -0.1) is 0 Å². The molecular formula is C12H9F3N2O. The average Bonchev–Trinajstić information content (AvgIpc) is 2.28. The van der Waals surface area contributed by atoms with Crippen LogP contribution in [0.2, 0.25) is 0 Å². The molecule has 2 aromatic rings. The minimum atomic E-state index is -4.48. The third kappa shape index (κ3) is 2.91. The van der Waals surface area contributed by atoms with Crippen LogP contribution in [0.1, 0.15) is 5.56 Å². The Bertz CT molecular complexity index is 541. The lowest BCUT2D eigenvalue weighted by Crippen LogP contribution is -2.07. The van der Waals surface area contributed by atoms with E-state index in [9.17, 15) is 13.2 Å². The molecule has 2 N–H and O–H groups in total. The van der Waals surface area contributed by atoms with E-state index in [-0.39, 0.29) is 11.7 Å². The lowest BCUT2D eigenvalue weighted by Gasteiger charge is -2.10. The molecule has 0 aliphatic carbocycles. The van der Waals surface area contributed by atoms with Crippen molar-refractivity contribution in [2.24, 2.45) is 0 Å². The Morgan fingerprint density at radius 1 is 1.06 bits per heavy atom. The van der Waals surface area contributed by atoms with E-state index in [1.807, 2.05) is 0 Å². The lowest BCUT2D eigenvalue weighted by molar-refractivity contribution is -0.137. The first kappa shape index (κ1) is 12.2. The van der Waals surface area contributed by atoms with E-state index in [4.69, 9.17) is 10.5 Å². The van der Waals surface area contributed by atoms with Crippen molar-refractivity contribution in [1.29, 1.82) is 0 Å². The molecule has 0 aliphatic heterocycles. The molecule has 0 saturated heterocycles. The highest BCUT2D eigenvalue weighted by molar-refractivity contribution is 5.40. The zero-order chi connectivity index (χ0) is 13.2. The molecule has 0 amide bonds. The van der Waals surface area contributed by atoms with Crippen LogP contribution < -0.4 is 10.5 Å². The lowest BCUT2D eigenvalue weighted by atomic mass is 10.2. The zero-order valence-electron chi connectivity index (χ0n) is 9.11. The average molecular weight is 254 g/mol. The number of para-hydroxylation sites is 1. The van der Waals surface area contributed by atoms with Gasteiger partial charge in [-0.3, -0.25) is 0 Å². The van der Waals surface area contributed by atoms with E-state index in [1.165, 1.54) is 0 Å². The van der Waals surface area contributed by atoms with Crippen LogP contribution >= 0.6 is 0 Å². The summed E-state index contributed by atoms with van der Waals surface area (Å²) in [4.78, 5) is 3.70. The molecule has 0 fully saturated rings. The van der Waals surface area contributed by atoms with Gasteiger partial charge in [-0.2, -0.15) is 18.2 Å². The van der Waals surface area contributed by atoms with Crippen molar-refractivity contribution < 1.29 is 17.9 Å². The molecule has 3 nitrogen and oxygen atoms in total. The Balaban J connectivity index is 2.32. The fourth-order valence-electron chi connectivity index (χ4n) is 1.35. The molecule has 94 valence electrons. The molecule has 0 bridgehead atoms. The number of nitrogens with zero attached hydrogens (tertiary/aromatic N) is 1. The van der Waals surface area contributed by atoms with Crippen molar-refractivity contribution >= 4 is 5.82 Å². The molecule has 6 heteroatoms. The van der Waals surface area contributed by atoms with Gasteiger partial charge in [-0.1, -0.05) is 18.2 Å². The number of hydrogen-bond donors (Lipinski definition) is 1. The van der Waals surface area contributed by atoms with E-state index in [0.717, 1.165) is 12.1 Å². The Morgan fingerprint density at radius 3 is 2.33 bits per heavy atom. The maximum atomic E-state index is 12.5. The van der Waals surface area contributed by atoms with E-state index in [0.29, 0.717) is 5.75 Å². The van der Waals surface area contributed by atoms with Crippen molar-refractivity contribution in [3.63, 3.8) is 0 Å². The van der Waals surface area contributed by atoms with Gasteiger partial charge >= 0.3 is 6.18 Å². The Labute approximate surface area is 101 Å². The number of nitrogens with two attached hydrogens (primary N) is 1. The predicted molar refractivity (Wildman–Crippen MR) is 60.2 cm³/mol. The van der Waals surface area contributed by atoms with Crippen LogP contribution in [-0.2, 0) is 6.18 Å². The molecule has 0 atom stereocenters. The van der Waals surface area contributed by atoms with Crippen LogP contribution in [0.4, 0.5) is 19.0 Å². The minimum Gasteiger partial charge on any atom is -0.439 e. The number of hydrogen-bond acceptors (Lipinski definition) is 3. The SMILES string of the molecule is Nc1cc(C(F)(F)F)cc(Oc2ccccc2)n1. The van der Waals surface area contributed by atoms with Gasteiger partial charge in [0.1, 0.15) is 11.6 Å². The molecule has 1 aromatic carbocycles. The summed E-state index contributed by atoms with van der Waals surface area (Å²) in [7, 11) is 0. The van der Waals surface area contributed by atoms with Crippen molar-refractivity contribution in [1.82, 2.24) is 4.98 Å². The summed E-state index contributed by atoms with van der Waals surface area (Å²) < 4.78 is 42.8. The number of ether oxygens (including phenoxy) is 1. The fraction of sp³-hybridized carbons (Fsp3) is 0.0833. The third-order valence-corrected chi connectivity index (χ3v) is 2.11. The molecule has 0 spiro atoms. The van der Waals surface area contributed by atoms with Gasteiger partial charge in [-0.05, 0) is 18.2 Å². The standard InChI is InChI=1S/C12H9F3N2O/c13-12(14,15)8-6-10(16)17-11(7-8)18-9-4-2-1-3-5-9/h1-7H,(H2,16,17). The maximum Gasteiger partial charge on any atom is 0.416 e. The highest BCUT2D eigenvalue weighted by atomic mass is 19.4. The molecule has 1 aromatic heterocycles. The van der Waals surface area contributed by atoms with Gasteiger partial charge in [0.05, 0.1) is 5.56 Å². The van der Waals surface area contributed by atoms with Crippen LogP contribution in [0.5, 0.6) is 11.6 Å². The van der Waals surface area contributed by atoms with Crippen molar-refractivity contribution in [2.75, 3.05) is 5.73 Å². The number of rotatable bonds is 2. The predicted octanol–water partition coefficient (Wildman–Crippen LogP) is 3.47. The molecular weight excluding hydrogens is 245 g/mol. The van der Waals surface area contributed by atoms with Crippen LogP contribution in [0.25, 0.3) is 0 Å². The smallest absolute Gasteiger partial charge is 0.416 e. The summed E-state index contributed by atoms with van der Waals surface area (Å²) in [5.41, 5.74) is 4.43. The van der Waals surface area contributed by atoms with Crippen molar-refractivity contribution in [3.8, 4) is 11.6 Å². The molecule has 18 heavy (non-hydrogen) atoms. The number of aromatic nitrogens is 1. The fourth-order valence-corrected chi connectivity index (χ4v) is 1.35. The molecule has 0 aliphatic rings. The molecule has 0 unspecified atom stereocenters. The Kier molecular flexibility index (Phi) is 3.10. The first-order valence-electron chi connectivity index (χ1n) is 5.03. The monoisotopic (exact) mass is 254 g/mol. The normalized spacial score (nSPS) is 11.3. The van der Waals surface area contributed by atoms with Crippen LogP contribution in [0, 0.1) is 0 Å². The number of nitrogen functional groups attached to an aromatic ring is 1. The van der Waals surface area contributed by atoms with E-state index in [1.54, 1.807) is 30.3 Å². The molecule has 0 radical (unpaired) electrons. The summed E-state index contributed by atoms with van der Waals surface area (Å²) in [6.07, 6.45) is -4.48. The van der Waals surface area contributed by atoms with Gasteiger partial charge in [0, 0.05) is 6.07 Å². The second kappa shape index (κ2) is 4.56. The van der Waals surface area contributed by atoms with E-state index < -0.39 is 11.7 Å². The number of anilines is 1. The summed E-state index contributed by atoms with van der Waals surface area (Å²) in [6, 6.07) is 9.96. The summed E-state index contributed by atoms with van der Waals surface area (Å²) in [6.45, 7) is 0. The molecule has 1 heterocycles. The second-order valence-electron chi connectivity index (χ2n) is 3.53. The quantitative estimate of drug-likeness (QED) is 0.892. The molecule has 2 rings (SSSR count). The third-order valence-electron chi connectivity index (χ3n) is 2.11. The topological polar surface area (TPSA) is 48.1 Å². The number of pyridine rings is 1. The van der Waals surface area contributed by atoms with Crippen molar-refractivity contribution in [2.45, 2.75) is 6.18 Å². The van der Waals surface area contributed by atoms with Crippen LogP contribution in [0.3, 0.4) is 0 Å². The summed E-state index contributed by atoms with van der Waals surface area (Å²) >= 11 is 0. The minimum absolute atomic E-state index is 0.187. The van der Waals surface area contributed by atoms with Crippen molar-refractivity contribution in [3.05, 3.63) is 48.0 Å². The van der Waals surface area contributed by atoms with Gasteiger partial charge in [-0.25, -0.2) is 0 Å². The van der Waals surface area contributed by atoms with Gasteiger partial charge < -0.3 is 10.5 Å². The molecule has 0 saturated carbocycles. The van der Waals surface area contributed by atoms with Crippen LogP contribution in [-0.4, -0.2) is 4.98 Å². The summed E-state index contributed by atoms with van der Waals surface area (Å²) in [5, 5.41) is 0. The summed E-state index contributed by atoms with van der Waals surface area (Å²) in [5.74, 6) is -0.0343. The van der Waals surface area contributed by atoms with E-state index in [2.05, 4.69) is 4.98 Å². The van der Waals surface area contributed by atoms with Gasteiger partial charge in [0.25, 0.3) is 0 Å².